The summed E-state index contributed by atoms with van der Waals surface area (Å²) in [6, 6.07) is 12.1. The third-order valence-corrected chi connectivity index (χ3v) is 3.64. The first-order valence-corrected chi connectivity index (χ1v) is 6.67. The van der Waals surface area contributed by atoms with E-state index in [0.717, 1.165) is 41.5 Å². The van der Waals surface area contributed by atoms with Crippen LogP contribution in [0.5, 0.6) is 0 Å². The first kappa shape index (κ1) is 12.2. The van der Waals surface area contributed by atoms with Crippen LogP contribution in [0.3, 0.4) is 0 Å². The van der Waals surface area contributed by atoms with Crippen LogP contribution < -0.4 is 4.90 Å². The van der Waals surface area contributed by atoms with Crippen molar-refractivity contribution < 1.29 is 4.79 Å². The standard InChI is InChI=1S/C16H18N2O/c1-17(2)10-5-11-18-14-9-4-7-12-6-3-8-13(15(12)14)16(18)19/h3-4,6-9H,5,10-11H2,1-2H3. The van der Waals surface area contributed by atoms with Crippen LogP contribution in [0.1, 0.15) is 16.8 Å². The Balaban J connectivity index is 1.94. The van der Waals surface area contributed by atoms with Crippen LogP contribution >= 0.6 is 0 Å². The van der Waals surface area contributed by atoms with Gasteiger partial charge in [-0.25, -0.2) is 0 Å². The fourth-order valence-electron chi connectivity index (χ4n) is 2.75. The average Bonchev–Trinajstić information content (AvgIpc) is 2.67. The number of benzene rings is 2. The Morgan fingerprint density at radius 1 is 1.11 bits per heavy atom. The SMILES string of the molecule is CN(C)CCCN1C(=O)c2cccc3cccc1c23. The minimum Gasteiger partial charge on any atom is -0.309 e. The van der Waals surface area contributed by atoms with Gasteiger partial charge < -0.3 is 9.80 Å². The van der Waals surface area contributed by atoms with Crippen LogP contribution in [0.2, 0.25) is 0 Å². The molecule has 1 aliphatic heterocycles. The van der Waals surface area contributed by atoms with Gasteiger partial charge in [-0.3, -0.25) is 4.79 Å². The number of carbonyl (C=O) groups is 1. The van der Waals surface area contributed by atoms with E-state index in [1.165, 1.54) is 0 Å². The Hall–Kier alpha value is -1.87. The molecule has 98 valence electrons. The van der Waals surface area contributed by atoms with E-state index in [4.69, 9.17) is 0 Å². The lowest BCUT2D eigenvalue weighted by Crippen LogP contribution is -2.29. The number of anilines is 1. The second kappa shape index (κ2) is 4.67. The molecule has 0 unspecified atom stereocenters. The molecule has 0 bridgehead atoms. The van der Waals surface area contributed by atoms with E-state index in [1.807, 2.05) is 29.2 Å². The second-order valence-electron chi connectivity index (χ2n) is 5.29. The fourth-order valence-corrected chi connectivity index (χ4v) is 2.75. The van der Waals surface area contributed by atoms with Gasteiger partial charge in [-0.2, -0.15) is 0 Å². The third kappa shape index (κ3) is 2.00. The van der Waals surface area contributed by atoms with Crippen LogP contribution in [-0.4, -0.2) is 38.0 Å². The molecule has 0 aromatic heterocycles. The predicted molar refractivity (Wildman–Crippen MR) is 78.8 cm³/mol. The number of hydrogen-bond acceptors (Lipinski definition) is 2. The monoisotopic (exact) mass is 254 g/mol. The molecule has 0 saturated carbocycles. The summed E-state index contributed by atoms with van der Waals surface area (Å²) in [7, 11) is 4.11. The minimum absolute atomic E-state index is 0.144. The topological polar surface area (TPSA) is 23.6 Å². The van der Waals surface area contributed by atoms with Gasteiger partial charge in [0.2, 0.25) is 0 Å². The number of rotatable bonds is 4. The van der Waals surface area contributed by atoms with Crippen LogP contribution in [0.4, 0.5) is 5.69 Å². The molecule has 3 rings (SSSR count). The molecule has 0 spiro atoms. The van der Waals surface area contributed by atoms with Crippen molar-refractivity contribution in [1.82, 2.24) is 4.90 Å². The molecule has 0 aliphatic carbocycles. The van der Waals surface area contributed by atoms with Crippen molar-refractivity contribution in [2.45, 2.75) is 6.42 Å². The molecule has 3 heteroatoms. The molecule has 1 heterocycles. The first-order valence-electron chi connectivity index (χ1n) is 6.67. The number of nitrogens with zero attached hydrogens (tertiary/aromatic N) is 2. The van der Waals surface area contributed by atoms with Gasteiger partial charge in [0, 0.05) is 17.5 Å². The third-order valence-electron chi connectivity index (χ3n) is 3.64. The van der Waals surface area contributed by atoms with Crippen molar-refractivity contribution in [3.63, 3.8) is 0 Å². The first-order chi connectivity index (χ1) is 9.18. The highest BCUT2D eigenvalue weighted by Gasteiger charge is 2.28. The van der Waals surface area contributed by atoms with E-state index in [0.29, 0.717) is 0 Å². The van der Waals surface area contributed by atoms with Gasteiger partial charge in [0.1, 0.15) is 0 Å². The maximum absolute atomic E-state index is 12.5. The summed E-state index contributed by atoms with van der Waals surface area (Å²) >= 11 is 0. The van der Waals surface area contributed by atoms with Crippen molar-refractivity contribution in [3.05, 3.63) is 42.0 Å². The van der Waals surface area contributed by atoms with Crippen LogP contribution in [0.25, 0.3) is 10.8 Å². The largest absolute Gasteiger partial charge is 0.309 e. The quantitative estimate of drug-likeness (QED) is 0.837. The zero-order valence-electron chi connectivity index (χ0n) is 11.4. The van der Waals surface area contributed by atoms with Crippen molar-refractivity contribution in [2.75, 3.05) is 32.1 Å². The van der Waals surface area contributed by atoms with E-state index >= 15 is 0 Å². The average molecular weight is 254 g/mol. The molecule has 1 amide bonds. The van der Waals surface area contributed by atoms with E-state index in [1.54, 1.807) is 0 Å². The minimum atomic E-state index is 0.144. The van der Waals surface area contributed by atoms with Gasteiger partial charge in [-0.05, 0) is 44.6 Å². The molecular weight excluding hydrogens is 236 g/mol. The van der Waals surface area contributed by atoms with Crippen molar-refractivity contribution in [1.29, 1.82) is 0 Å². The summed E-state index contributed by atoms with van der Waals surface area (Å²) in [4.78, 5) is 16.5. The molecule has 0 radical (unpaired) electrons. The molecule has 2 aromatic carbocycles. The summed E-state index contributed by atoms with van der Waals surface area (Å²) in [5.41, 5.74) is 1.91. The van der Waals surface area contributed by atoms with E-state index in [2.05, 4.69) is 31.1 Å². The lowest BCUT2D eigenvalue weighted by Gasteiger charge is -2.19. The maximum atomic E-state index is 12.5. The summed E-state index contributed by atoms with van der Waals surface area (Å²) in [5, 5.41) is 2.26. The summed E-state index contributed by atoms with van der Waals surface area (Å²) in [5.74, 6) is 0.144. The van der Waals surface area contributed by atoms with Gasteiger partial charge in [0.15, 0.2) is 0 Å². The van der Waals surface area contributed by atoms with E-state index < -0.39 is 0 Å². The number of hydrogen-bond donors (Lipinski definition) is 0. The van der Waals surface area contributed by atoms with Gasteiger partial charge >= 0.3 is 0 Å². The van der Waals surface area contributed by atoms with Crippen LogP contribution in [0.15, 0.2) is 36.4 Å². The Morgan fingerprint density at radius 3 is 2.58 bits per heavy atom. The fraction of sp³-hybridized carbons (Fsp3) is 0.312. The van der Waals surface area contributed by atoms with Crippen LogP contribution in [-0.2, 0) is 0 Å². The van der Waals surface area contributed by atoms with Gasteiger partial charge in [-0.15, -0.1) is 0 Å². The number of amides is 1. The van der Waals surface area contributed by atoms with E-state index in [9.17, 15) is 4.79 Å². The normalized spacial score (nSPS) is 13.8. The van der Waals surface area contributed by atoms with Crippen molar-refractivity contribution >= 4 is 22.4 Å². The molecular formula is C16H18N2O. The molecule has 2 aromatic rings. The lowest BCUT2D eigenvalue weighted by molar-refractivity contribution is 0.0992. The molecule has 1 aliphatic rings. The Morgan fingerprint density at radius 2 is 1.84 bits per heavy atom. The van der Waals surface area contributed by atoms with E-state index in [-0.39, 0.29) is 5.91 Å². The molecule has 3 nitrogen and oxygen atoms in total. The summed E-state index contributed by atoms with van der Waals surface area (Å²) in [6.07, 6.45) is 0.989. The summed E-state index contributed by atoms with van der Waals surface area (Å²) < 4.78 is 0. The molecule has 0 atom stereocenters. The Kier molecular flexibility index (Phi) is 2.99. The zero-order chi connectivity index (χ0) is 13.4. The van der Waals surface area contributed by atoms with Crippen molar-refractivity contribution in [2.24, 2.45) is 0 Å². The Labute approximate surface area is 113 Å². The smallest absolute Gasteiger partial charge is 0.258 e. The highest BCUT2D eigenvalue weighted by atomic mass is 16.2. The van der Waals surface area contributed by atoms with Gasteiger partial charge in [0.25, 0.3) is 5.91 Å². The lowest BCUT2D eigenvalue weighted by atomic mass is 10.1. The van der Waals surface area contributed by atoms with Crippen molar-refractivity contribution in [3.8, 4) is 0 Å². The van der Waals surface area contributed by atoms with Gasteiger partial charge in [-0.1, -0.05) is 24.3 Å². The van der Waals surface area contributed by atoms with Gasteiger partial charge in [0.05, 0.1) is 5.69 Å². The highest BCUT2D eigenvalue weighted by Crippen LogP contribution is 2.36. The molecule has 0 saturated heterocycles. The zero-order valence-corrected chi connectivity index (χ0v) is 11.4. The number of carbonyl (C=O) groups excluding carboxylic acids is 1. The predicted octanol–water partition coefficient (Wildman–Crippen LogP) is 2.75. The summed E-state index contributed by atoms with van der Waals surface area (Å²) in [6.45, 7) is 1.78. The second-order valence-corrected chi connectivity index (χ2v) is 5.29. The molecule has 0 fully saturated rings. The van der Waals surface area contributed by atoms with Crippen LogP contribution in [0, 0.1) is 0 Å². The highest BCUT2D eigenvalue weighted by molar-refractivity contribution is 6.24. The molecule has 19 heavy (non-hydrogen) atoms. The maximum Gasteiger partial charge on any atom is 0.258 e. The Bertz CT molecular complexity index is 628. The molecule has 0 N–H and O–H groups in total.